The van der Waals surface area contributed by atoms with Crippen LogP contribution < -0.4 is 5.32 Å². The fraction of sp³-hybridized carbons (Fsp3) is 0.417. The number of rotatable bonds is 5. The lowest BCUT2D eigenvalue weighted by Crippen LogP contribution is -2.03. The summed E-state index contributed by atoms with van der Waals surface area (Å²) in [7, 11) is 1.90. The second kappa shape index (κ2) is 5.42. The summed E-state index contributed by atoms with van der Waals surface area (Å²) >= 11 is 1.55. The van der Waals surface area contributed by atoms with Crippen LogP contribution in [0.2, 0.25) is 0 Å². The molecule has 0 amide bonds. The second-order valence-electron chi connectivity index (χ2n) is 3.81. The number of oxazole rings is 1. The number of thioether (sulfide) groups is 1. The first kappa shape index (κ1) is 12.3. The number of aromatic nitrogens is 1. The minimum absolute atomic E-state index is 0.701. The van der Waals surface area contributed by atoms with Gasteiger partial charge in [0.2, 0.25) is 0 Å². The highest BCUT2D eigenvalue weighted by molar-refractivity contribution is 7.98. The average molecular weight is 252 g/mol. The van der Waals surface area contributed by atoms with Gasteiger partial charge in [-0.25, -0.2) is 4.98 Å². The Morgan fingerprint density at radius 3 is 2.65 bits per heavy atom. The monoisotopic (exact) mass is 252 g/mol. The molecule has 5 heteroatoms. The third-order valence-corrected chi connectivity index (χ3v) is 3.27. The molecule has 2 heterocycles. The lowest BCUT2D eigenvalue weighted by Gasteiger charge is -1.95. The Morgan fingerprint density at radius 1 is 1.24 bits per heavy atom. The summed E-state index contributed by atoms with van der Waals surface area (Å²) in [6.07, 6.45) is 0. The van der Waals surface area contributed by atoms with Gasteiger partial charge in [0.25, 0.3) is 5.22 Å². The summed E-state index contributed by atoms with van der Waals surface area (Å²) in [6.45, 7) is 4.62. The van der Waals surface area contributed by atoms with Crippen molar-refractivity contribution < 1.29 is 8.83 Å². The molecule has 92 valence electrons. The van der Waals surface area contributed by atoms with E-state index in [9.17, 15) is 0 Å². The molecule has 0 aliphatic heterocycles. The van der Waals surface area contributed by atoms with Crippen molar-refractivity contribution in [3.63, 3.8) is 0 Å². The summed E-state index contributed by atoms with van der Waals surface area (Å²) in [5.41, 5.74) is 0.947. The van der Waals surface area contributed by atoms with Crippen molar-refractivity contribution in [2.75, 3.05) is 7.05 Å². The first-order valence-corrected chi connectivity index (χ1v) is 6.46. The molecule has 0 atom stereocenters. The summed E-state index contributed by atoms with van der Waals surface area (Å²) in [6, 6.07) is 3.97. The van der Waals surface area contributed by atoms with Crippen LogP contribution in [-0.4, -0.2) is 12.0 Å². The average Bonchev–Trinajstić information content (AvgIpc) is 2.85. The standard InChI is InChI=1S/C12H16N2O2S/c1-8-9(2)15-12(14-8)17-7-11-5-4-10(16-11)6-13-3/h4-5,13H,6-7H2,1-3H3. The highest BCUT2D eigenvalue weighted by atomic mass is 32.2. The third kappa shape index (κ3) is 3.14. The Hall–Kier alpha value is -1.20. The number of furan rings is 1. The van der Waals surface area contributed by atoms with E-state index in [-0.39, 0.29) is 0 Å². The van der Waals surface area contributed by atoms with Crippen LogP contribution in [0.3, 0.4) is 0 Å². The normalized spacial score (nSPS) is 11.0. The Bertz CT molecular complexity index is 471. The van der Waals surface area contributed by atoms with Gasteiger partial charge >= 0.3 is 0 Å². The topological polar surface area (TPSA) is 51.2 Å². The Balaban J connectivity index is 1.92. The summed E-state index contributed by atoms with van der Waals surface area (Å²) in [5.74, 6) is 3.50. The van der Waals surface area contributed by atoms with Gasteiger partial charge in [0, 0.05) is 0 Å². The van der Waals surface area contributed by atoms with Gasteiger partial charge in [0.05, 0.1) is 18.0 Å². The minimum atomic E-state index is 0.701. The molecule has 0 bridgehead atoms. The van der Waals surface area contributed by atoms with Crippen molar-refractivity contribution in [2.24, 2.45) is 0 Å². The number of aryl methyl sites for hydroxylation is 2. The fourth-order valence-electron chi connectivity index (χ4n) is 1.41. The van der Waals surface area contributed by atoms with Crippen LogP contribution >= 0.6 is 11.8 Å². The van der Waals surface area contributed by atoms with E-state index in [2.05, 4.69) is 10.3 Å². The van der Waals surface area contributed by atoms with Gasteiger partial charge in [-0.3, -0.25) is 0 Å². The van der Waals surface area contributed by atoms with Crippen LogP contribution in [0.5, 0.6) is 0 Å². The lowest BCUT2D eigenvalue weighted by molar-refractivity contribution is 0.429. The molecule has 0 radical (unpaired) electrons. The Morgan fingerprint density at radius 2 is 2.00 bits per heavy atom. The molecule has 2 aromatic rings. The van der Waals surface area contributed by atoms with Gasteiger partial charge in [-0.1, -0.05) is 11.8 Å². The van der Waals surface area contributed by atoms with Gasteiger partial charge < -0.3 is 14.2 Å². The number of nitrogens with one attached hydrogen (secondary N) is 1. The minimum Gasteiger partial charge on any atom is -0.464 e. The van der Waals surface area contributed by atoms with E-state index in [1.165, 1.54) is 0 Å². The molecule has 4 nitrogen and oxygen atoms in total. The molecule has 0 fully saturated rings. The predicted octanol–water partition coefficient (Wildman–Crippen LogP) is 2.90. The number of hydrogen-bond donors (Lipinski definition) is 1. The van der Waals surface area contributed by atoms with Gasteiger partial charge in [0.1, 0.15) is 17.3 Å². The molecule has 1 N–H and O–H groups in total. The molecule has 17 heavy (non-hydrogen) atoms. The molecular weight excluding hydrogens is 236 g/mol. The molecule has 0 aliphatic rings. The quantitative estimate of drug-likeness (QED) is 0.829. The summed E-state index contributed by atoms with van der Waals surface area (Å²) < 4.78 is 11.1. The van der Waals surface area contributed by atoms with Crippen molar-refractivity contribution in [1.29, 1.82) is 0 Å². The maximum atomic E-state index is 5.63. The van der Waals surface area contributed by atoms with Crippen LogP contribution in [0.4, 0.5) is 0 Å². The first-order valence-electron chi connectivity index (χ1n) is 5.48. The summed E-state index contributed by atoms with van der Waals surface area (Å²) in [4.78, 5) is 4.31. The maximum absolute atomic E-state index is 5.63. The van der Waals surface area contributed by atoms with Crippen molar-refractivity contribution in [1.82, 2.24) is 10.3 Å². The fourth-order valence-corrected chi connectivity index (χ4v) is 2.21. The Kier molecular flexibility index (Phi) is 3.91. The van der Waals surface area contributed by atoms with E-state index in [0.717, 1.165) is 35.3 Å². The van der Waals surface area contributed by atoms with Crippen LogP contribution in [0.25, 0.3) is 0 Å². The van der Waals surface area contributed by atoms with Crippen LogP contribution in [0, 0.1) is 13.8 Å². The molecule has 0 aliphatic carbocycles. The molecule has 0 spiro atoms. The van der Waals surface area contributed by atoms with Crippen molar-refractivity contribution in [3.8, 4) is 0 Å². The molecule has 0 saturated heterocycles. The second-order valence-corrected chi connectivity index (χ2v) is 4.73. The van der Waals surface area contributed by atoms with Crippen LogP contribution in [0.1, 0.15) is 23.0 Å². The van der Waals surface area contributed by atoms with E-state index >= 15 is 0 Å². The predicted molar refractivity (Wildman–Crippen MR) is 67.0 cm³/mol. The van der Waals surface area contributed by atoms with E-state index < -0.39 is 0 Å². The van der Waals surface area contributed by atoms with E-state index in [4.69, 9.17) is 8.83 Å². The third-order valence-electron chi connectivity index (χ3n) is 2.42. The number of hydrogen-bond acceptors (Lipinski definition) is 5. The van der Waals surface area contributed by atoms with Gasteiger partial charge in [-0.05, 0) is 33.0 Å². The SMILES string of the molecule is CNCc1ccc(CSc2nc(C)c(C)o2)o1. The first-order chi connectivity index (χ1) is 8.19. The molecule has 0 saturated carbocycles. The zero-order valence-electron chi connectivity index (χ0n) is 10.2. The van der Waals surface area contributed by atoms with Crippen LogP contribution in [0.15, 0.2) is 26.2 Å². The maximum Gasteiger partial charge on any atom is 0.256 e. The molecule has 2 aromatic heterocycles. The number of nitrogens with zero attached hydrogens (tertiary/aromatic N) is 1. The van der Waals surface area contributed by atoms with Crippen molar-refractivity contribution in [3.05, 3.63) is 35.1 Å². The smallest absolute Gasteiger partial charge is 0.256 e. The van der Waals surface area contributed by atoms with Crippen molar-refractivity contribution >= 4 is 11.8 Å². The van der Waals surface area contributed by atoms with Gasteiger partial charge in [-0.2, -0.15) is 0 Å². The van der Waals surface area contributed by atoms with Gasteiger partial charge in [0.15, 0.2) is 0 Å². The molecule has 0 aromatic carbocycles. The molecule has 0 unspecified atom stereocenters. The largest absolute Gasteiger partial charge is 0.464 e. The highest BCUT2D eigenvalue weighted by Gasteiger charge is 2.08. The van der Waals surface area contributed by atoms with Gasteiger partial charge in [-0.15, -0.1) is 0 Å². The summed E-state index contributed by atoms with van der Waals surface area (Å²) in [5, 5.41) is 3.75. The lowest BCUT2D eigenvalue weighted by atomic mass is 10.4. The highest BCUT2D eigenvalue weighted by Crippen LogP contribution is 2.24. The van der Waals surface area contributed by atoms with E-state index in [1.54, 1.807) is 11.8 Å². The zero-order chi connectivity index (χ0) is 12.3. The van der Waals surface area contributed by atoms with E-state index in [0.29, 0.717) is 5.22 Å². The Labute approximate surface area is 105 Å². The van der Waals surface area contributed by atoms with Crippen LogP contribution in [-0.2, 0) is 12.3 Å². The molecule has 2 rings (SSSR count). The zero-order valence-corrected chi connectivity index (χ0v) is 11.1. The van der Waals surface area contributed by atoms with Crippen molar-refractivity contribution in [2.45, 2.75) is 31.4 Å². The van der Waals surface area contributed by atoms with E-state index in [1.807, 2.05) is 33.0 Å². The molecular formula is C12H16N2O2S.